The van der Waals surface area contributed by atoms with E-state index in [0.717, 1.165) is 54.6 Å². The summed E-state index contributed by atoms with van der Waals surface area (Å²) >= 11 is 0. The number of piperidine rings is 1. The minimum absolute atomic E-state index is 0. The molecule has 3 aromatic rings. The first-order chi connectivity index (χ1) is 15.7. The standard InChI is InChI=1S/C23H21F3N4O3.ClH/c24-12-1-2-18(16(25)7-12)30-11-15(22(32)33)19(31)14-8-17(26)21(28-20(14)30)29-5-3-23(4-6-29)9-13(27)10-23;/h1-2,7-8,11,13H,3-6,9-10,27H2,(H,32,33);1H. The van der Waals surface area contributed by atoms with E-state index in [2.05, 4.69) is 4.98 Å². The quantitative estimate of drug-likeness (QED) is 0.576. The minimum atomic E-state index is -1.55. The zero-order valence-electron chi connectivity index (χ0n) is 17.9. The fraction of sp³-hybridized carbons (Fsp3) is 0.348. The van der Waals surface area contributed by atoms with Gasteiger partial charge in [-0.25, -0.2) is 22.9 Å². The van der Waals surface area contributed by atoms with Gasteiger partial charge in [0.05, 0.1) is 11.1 Å². The molecule has 0 unspecified atom stereocenters. The van der Waals surface area contributed by atoms with E-state index >= 15 is 4.39 Å². The van der Waals surface area contributed by atoms with Crippen molar-refractivity contribution in [1.82, 2.24) is 9.55 Å². The van der Waals surface area contributed by atoms with Crippen LogP contribution in [-0.4, -0.2) is 39.8 Å². The molecule has 180 valence electrons. The van der Waals surface area contributed by atoms with Gasteiger partial charge in [-0.2, -0.15) is 0 Å². The number of carboxylic acid groups (broad SMARTS) is 1. The Morgan fingerprint density at radius 2 is 1.79 bits per heavy atom. The monoisotopic (exact) mass is 494 g/mol. The van der Waals surface area contributed by atoms with Gasteiger partial charge >= 0.3 is 5.97 Å². The topological polar surface area (TPSA) is 101 Å². The molecular weight excluding hydrogens is 473 g/mol. The van der Waals surface area contributed by atoms with Crippen LogP contribution in [0.25, 0.3) is 16.7 Å². The molecule has 7 nitrogen and oxygen atoms in total. The van der Waals surface area contributed by atoms with Crippen molar-refractivity contribution in [3.63, 3.8) is 0 Å². The summed E-state index contributed by atoms with van der Waals surface area (Å²) < 4.78 is 44.2. The molecule has 0 amide bonds. The largest absolute Gasteiger partial charge is 0.477 e. The number of halogens is 4. The third-order valence-electron chi connectivity index (χ3n) is 6.83. The number of aromatic nitrogens is 2. The Bertz CT molecular complexity index is 1350. The van der Waals surface area contributed by atoms with Gasteiger partial charge in [-0.05, 0) is 49.3 Å². The molecule has 2 aliphatic rings. The molecule has 1 saturated heterocycles. The van der Waals surface area contributed by atoms with Crippen molar-refractivity contribution in [2.24, 2.45) is 11.1 Å². The molecule has 1 aliphatic heterocycles. The Morgan fingerprint density at radius 3 is 2.38 bits per heavy atom. The number of rotatable bonds is 3. The zero-order chi connectivity index (χ0) is 23.5. The molecule has 3 N–H and O–H groups in total. The van der Waals surface area contributed by atoms with Crippen molar-refractivity contribution in [3.8, 4) is 5.69 Å². The van der Waals surface area contributed by atoms with Crippen LogP contribution in [0.1, 0.15) is 36.0 Å². The fourth-order valence-corrected chi connectivity index (χ4v) is 5.10. The first-order valence-electron chi connectivity index (χ1n) is 10.6. The molecule has 0 radical (unpaired) electrons. The predicted octanol–water partition coefficient (Wildman–Crippen LogP) is 3.63. The van der Waals surface area contributed by atoms with E-state index in [9.17, 15) is 23.5 Å². The molecule has 0 bridgehead atoms. The van der Waals surface area contributed by atoms with Gasteiger partial charge in [-0.1, -0.05) is 0 Å². The SMILES string of the molecule is Cl.NC1CC2(CCN(c3nc4c(cc3F)c(=O)c(C(=O)O)cn4-c3ccc(F)cc3F)CC2)C1. The van der Waals surface area contributed by atoms with Gasteiger partial charge in [-0.15, -0.1) is 12.4 Å². The molecule has 34 heavy (non-hydrogen) atoms. The van der Waals surface area contributed by atoms with Crippen LogP contribution in [0.4, 0.5) is 19.0 Å². The first-order valence-corrected chi connectivity index (χ1v) is 10.6. The molecular formula is C23H22ClF3N4O3. The maximum Gasteiger partial charge on any atom is 0.341 e. The number of hydrogen-bond donors (Lipinski definition) is 2. The summed E-state index contributed by atoms with van der Waals surface area (Å²) in [4.78, 5) is 30.4. The molecule has 11 heteroatoms. The van der Waals surface area contributed by atoms with E-state index < -0.39 is 34.4 Å². The summed E-state index contributed by atoms with van der Waals surface area (Å²) in [5.74, 6) is -4.13. The van der Waals surface area contributed by atoms with E-state index in [-0.39, 0.29) is 46.4 Å². The van der Waals surface area contributed by atoms with E-state index in [1.807, 2.05) is 0 Å². The second kappa shape index (κ2) is 8.59. The highest BCUT2D eigenvalue weighted by atomic mass is 35.5. The molecule has 1 saturated carbocycles. The van der Waals surface area contributed by atoms with E-state index in [0.29, 0.717) is 19.2 Å². The summed E-state index contributed by atoms with van der Waals surface area (Å²) in [5.41, 5.74) is 4.18. The molecule has 2 fully saturated rings. The average molecular weight is 495 g/mol. The van der Waals surface area contributed by atoms with Gasteiger partial charge in [0.25, 0.3) is 0 Å². The molecule has 5 rings (SSSR count). The average Bonchev–Trinajstić information content (AvgIpc) is 2.74. The van der Waals surface area contributed by atoms with E-state index in [4.69, 9.17) is 5.73 Å². The van der Waals surface area contributed by atoms with Crippen molar-refractivity contribution in [2.75, 3.05) is 18.0 Å². The van der Waals surface area contributed by atoms with Gasteiger partial charge in [0.2, 0.25) is 5.43 Å². The van der Waals surface area contributed by atoms with E-state index in [1.165, 1.54) is 0 Å². The lowest BCUT2D eigenvalue weighted by atomic mass is 9.61. The Morgan fingerprint density at radius 1 is 1.12 bits per heavy atom. The Balaban J connectivity index is 0.00000274. The maximum atomic E-state index is 15.1. The van der Waals surface area contributed by atoms with Crippen LogP contribution in [0, 0.1) is 22.9 Å². The summed E-state index contributed by atoms with van der Waals surface area (Å²) in [5, 5.41) is 9.13. The first kappa shape index (κ1) is 24.0. The third kappa shape index (κ3) is 3.90. The smallest absolute Gasteiger partial charge is 0.341 e. The molecule has 2 aromatic heterocycles. The fourth-order valence-electron chi connectivity index (χ4n) is 5.10. The number of carbonyl (C=O) groups is 1. The number of pyridine rings is 2. The Hall–Kier alpha value is -3.11. The number of nitrogens with zero attached hydrogens (tertiary/aromatic N) is 3. The normalized spacial score (nSPS) is 17.5. The number of benzene rings is 1. The number of aromatic carboxylic acids is 1. The highest BCUT2D eigenvalue weighted by Gasteiger charge is 2.44. The van der Waals surface area contributed by atoms with Crippen molar-refractivity contribution in [3.05, 3.63) is 63.7 Å². The van der Waals surface area contributed by atoms with Crippen LogP contribution >= 0.6 is 12.4 Å². The molecule has 1 aromatic carbocycles. The van der Waals surface area contributed by atoms with Gasteiger partial charge < -0.3 is 15.7 Å². The van der Waals surface area contributed by atoms with Crippen LogP contribution in [0.15, 0.2) is 35.3 Å². The third-order valence-corrected chi connectivity index (χ3v) is 6.83. The van der Waals surface area contributed by atoms with Crippen LogP contribution in [0.3, 0.4) is 0 Å². The van der Waals surface area contributed by atoms with Crippen LogP contribution in [-0.2, 0) is 0 Å². The second-order valence-corrected chi connectivity index (χ2v) is 8.96. The predicted molar refractivity (Wildman–Crippen MR) is 123 cm³/mol. The number of hydrogen-bond acceptors (Lipinski definition) is 5. The van der Waals surface area contributed by atoms with Crippen molar-refractivity contribution < 1.29 is 23.1 Å². The van der Waals surface area contributed by atoms with Gasteiger partial charge in [0.15, 0.2) is 17.3 Å². The lowest BCUT2D eigenvalue weighted by Gasteiger charge is -2.51. The molecule has 1 spiro atoms. The number of carboxylic acids is 1. The minimum Gasteiger partial charge on any atom is -0.477 e. The Kier molecular flexibility index (Phi) is 6.07. The van der Waals surface area contributed by atoms with Crippen molar-refractivity contribution >= 4 is 35.2 Å². The zero-order valence-corrected chi connectivity index (χ0v) is 18.7. The summed E-state index contributed by atoms with van der Waals surface area (Å²) in [7, 11) is 0. The van der Waals surface area contributed by atoms with Crippen molar-refractivity contribution in [2.45, 2.75) is 31.7 Å². The second-order valence-electron chi connectivity index (χ2n) is 8.96. The number of nitrogens with two attached hydrogens (primary N) is 1. The highest BCUT2D eigenvalue weighted by molar-refractivity contribution is 5.92. The number of fused-ring (bicyclic) bond motifs is 1. The Labute approximate surface area is 198 Å². The molecule has 3 heterocycles. The van der Waals surface area contributed by atoms with Crippen LogP contribution in [0.5, 0.6) is 0 Å². The highest BCUT2D eigenvalue weighted by Crippen LogP contribution is 2.48. The maximum absolute atomic E-state index is 15.1. The van der Waals surface area contributed by atoms with Crippen molar-refractivity contribution in [1.29, 1.82) is 0 Å². The lowest BCUT2D eigenvalue weighted by Crippen LogP contribution is -2.52. The van der Waals surface area contributed by atoms with Gasteiger partial charge in [0, 0.05) is 31.4 Å². The number of anilines is 1. The summed E-state index contributed by atoms with van der Waals surface area (Å²) in [6, 6.07) is 3.89. The van der Waals surface area contributed by atoms with Crippen LogP contribution < -0.4 is 16.1 Å². The summed E-state index contributed by atoms with van der Waals surface area (Å²) in [6.07, 6.45) is 4.47. The molecule has 0 atom stereocenters. The summed E-state index contributed by atoms with van der Waals surface area (Å²) in [6.45, 7) is 1.09. The van der Waals surface area contributed by atoms with Crippen LogP contribution in [0.2, 0.25) is 0 Å². The van der Waals surface area contributed by atoms with E-state index in [1.54, 1.807) is 4.90 Å². The van der Waals surface area contributed by atoms with Gasteiger partial charge in [-0.3, -0.25) is 9.36 Å². The van der Waals surface area contributed by atoms with Gasteiger partial charge in [0.1, 0.15) is 17.2 Å². The lowest BCUT2D eigenvalue weighted by molar-refractivity contribution is 0.0694. The molecule has 1 aliphatic carbocycles.